The van der Waals surface area contributed by atoms with Crippen molar-refractivity contribution in [3.8, 4) is 29.0 Å². The quantitative estimate of drug-likeness (QED) is 0.731. The largest absolute Gasteiger partial charge is 0.493 e. The summed E-state index contributed by atoms with van der Waals surface area (Å²) >= 11 is 2.95. The van der Waals surface area contributed by atoms with Gasteiger partial charge in [-0.25, -0.2) is 0 Å². The minimum atomic E-state index is 0.274. The lowest BCUT2D eigenvalue weighted by Crippen LogP contribution is -1.91. The molecule has 0 spiro atoms. The molecule has 0 bridgehead atoms. The van der Waals surface area contributed by atoms with Gasteiger partial charge in [-0.1, -0.05) is 5.16 Å². The van der Waals surface area contributed by atoms with E-state index >= 15 is 0 Å². The summed E-state index contributed by atoms with van der Waals surface area (Å²) in [5, 5.41) is 13.3. The highest BCUT2D eigenvalue weighted by atomic mass is 32.2. The van der Waals surface area contributed by atoms with E-state index in [-0.39, 0.29) is 5.82 Å². The van der Waals surface area contributed by atoms with Crippen LogP contribution in [0, 0.1) is 11.3 Å². The van der Waals surface area contributed by atoms with Crippen molar-refractivity contribution in [1.82, 2.24) is 10.1 Å². The number of thioether (sulfide) groups is 2. The van der Waals surface area contributed by atoms with Gasteiger partial charge in [-0.15, -0.1) is 23.5 Å². The summed E-state index contributed by atoms with van der Waals surface area (Å²) in [6.07, 6.45) is 3.80. The zero-order chi connectivity index (χ0) is 16.8. The lowest BCUT2D eigenvalue weighted by atomic mass is 10.2. The monoisotopic (exact) mass is 349 g/mol. The zero-order valence-corrected chi connectivity index (χ0v) is 14.7. The number of rotatable bonds is 6. The van der Waals surface area contributed by atoms with Crippen LogP contribution in [0.3, 0.4) is 0 Å². The zero-order valence-electron chi connectivity index (χ0n) is 13.1. The van der Waals surface area contributed by atoms with Crippen LogP contribution in [-0.4, -0.2) is 36.9 Å². The summed E-state index contributed by atoms with van der Waals surface area (Å²) < 4.78 is 16.6. The number of hydrogen-bond acceptors (Lipinski definition) is 8. The molecule has 0 aliphatic carbocycles. The maximum atomic E-state index is 9.35. The van der Waals surface area contributed by atoms with Crippen LogP contribution < -0.4 is 9.47 Å². The molecule has 0 amide bonds. The Hall–Kier alpha value is -2.11. The Morgan fingerprint density at radius 1 is 1.17 bits per heavy atom. The van der Waals surface area contributed by atoms with Gasteiger partial charge >= 0.3 is 0 Å². The van der Waals surface area contributed by atoms with E-state index in [9.17, 15) is 5.26 Å². The van der Waals surface area contributed by atoms with Gasteiger partial charge in [0.1, 0.15) is 11.6 Å². The second-order valence-corrected chi connectivity index (χ2v) is 6.07. The number of methoxy groups -OCH3 is 2. The highest BCUT2D eigenvalue weighted by Crippen LogP contribution is 2.34. The first-order valence-electron chi connectivity index (χ1n) is 6.47. The van der Waals surface area contributed by atoms with Crippen molar-refractivity contribution >= 4 is 29.1 Å². The molecule has 1 heterocycles. The Labute approximate surface area is 142 Å². The fourth-order valence-corrected chi connectivity index (χ4v) is 3.23. The third-order valence-corrected chi connectivity index (χ3v) is 5.12. The Bertz CT molecular complexity index is 760. The normalized spacial score (nSPS) is 10.0. The van der Waals surface area contributed by atoms with Crippen LogP contribution in [0.1, 0.15) is 5.82 Å². The SMILES string of the molecule is COc1ccc(-c2nc(C(C#N)=C(SC)SC)no2)cc1OC. The van der Waals surface area contributed by atoms with E-state index < -0.39 is 0 Å². The molecular weight excluding hydrogens is 334 g/mol. The van der Waals surface area contributed by atoms with Gasteiger partial charge in [0.05, 0.1) is 18.5 Å². The summed E-state index contributed by atoms with van der Waals surface area (Å²) in [4.78, 5) is 4.32. The molecule has 0 saturated heterocycles. The molecule has 0 saturated carbocycles. The van der Waals surface area contributed by atoms with Crippen LogP contribution >= 0.6 is 23.5 Å². The third-order valence-electron chi connectivity index (χ3n) is 2.97. The van der Waals surface area contributed by atoms with E-state index in [0.717, 1.165) is 4.24 Å². The van der Waals surface area contributed by atoms with Crippen molar-refractivity contribution in [2.45, 2.75) is 0 Å². The molecule has 2 rings (SSSR count). The highest BCUT2D eigenvalue weighted by molar-refractivity contribution is 8.21. The maximum Gasteiger partial charge on any atom is 0.258 e. The fraction of sp³-hybridized carbons (Fsp3) is 0.267. The smallest absolute Gasteiger partial charge is 0.258 e. The van der Waals surface area contributed by atoms with Crippen molar-refractivity contribution in [3.63, 3.8) is 0 Å². The number of nitriles is 1. The van der Waals surface area contributed by atoms with E-state index in [1.54, 1.807) is 32.4 Å². The number of benzene rings is 1. The Kier molecular flexibility index (Phi) is 5.96. The van der Waals surface area contributed by atoms with Crippen molar-refractivity contribution in [3.05, 3.63) is 28.3 Å². The van der Waals surface area contributed by atoms with Crippen molar-refractivity contribution < 1.29 is 14.0 Å². The van der Waals surface area contributed by atoms with E-state index in [2.05, 4.69) is 16.2 Å². The molecule has 1 aromatic heterocycles. The number of allylic oxidation sites excluding steroid dienone is 1. The Balaban J connectivity index is 2.44. The summed E-state index contributed by atoms with van der Waals surface area (Å²) in [6.45, 7) is 0. The molecular formula is C15H15N3O3S2. The molecule has 120 valence electrons. The van der Waals surface area contributed by atoms with Crippen LogP contribution in [0.4, 0.5) is 0 Å². The second-order valence-electron chi connectivity index (χ2n) is 4.18. The number of ether oxygens (including phenoxy) is 2. The molecule has 0 fully saturated rings. The molecule has 0 aliphatic rings. The Morgan fingerprint density at radius 3 is 2.43 bits per heavy atom. The molecule has 8 heteroatoms. The van der Waals surface area contributed by atoms with E-state index in [1.165, 1.54) is 23.5 Å². The van der Waals surface area contributed by atoms with Crippen molar-refractivity contribution in [2.24, 2.45) is 0 Å². The molecule has 6 nitrogen and oxygen atoms in total. The Morgan fingerprint density at radius 2 is 1.87 bits per heavy atom. The van der Waals surface area contributed by atoms with E-state index in [0.29, 0.717) is 28.5 Å². The number of hydrogen-bond donors (Lipinski definition) is 0. The van der Waals surface area contributed by atoms with Crippen LogP contribution in [0.25, 0.3) is 17.0 Å². The number of aromatic nitrogens is 2. The lowest BCUT2D eigenvalue weighted by molar-refractivity contribution is 0.355. The van der Waals surface area contributed by atoms with E-state index in [1.807, 2.05) is 12.5 Å². The van der Waals surface area contributed by atoms with Crippen molar-refractivity contribution in [1.29, 1.82) is 5.26 Å². The third kappa shape index (κ3) is 3.63. The molecule has 0 radical (unpaired) electrons. The predicted octanol–water partition coefficient (Wildman–Crippen LogP) is 3.67. The average Bonchev–Trinajstić information content (AvgIpc) is 3.08. The molecule has 0 aliphatic heterocycles. The van der Waals surface area contributed by atoms with E-state index in [4.69, 9.17) is 14.0 Å². The molecule has 0 atom stereocenters. The fourth-order valence-electron chi connectivity index (χ4n) is 1.89. The molecule has 0 unspecified atom stereocenters. The van der Waals surface area contributed by atoms with Gasteiger partial charge in [-0.3, -0.25) is 0 Å². The van der Waals surface area contributed by atoms with Gasteiger partial charge in [0.15, 0.2) is 11.5 Å². The van der Waals surface area contributed by atoms with Crippen molar-refractivity contribution in [2.75, 3.05) is 26.7 Å². The first-order valence-corrected chi connectivity index (χ1v) is 8.92. The van der Waals surface area contributed by atoms with Crippen LogP contribution in [-0.2, 0) is 0 Å². The molecule has 1 aromatic carbocycles. The summed E-state index contributed by atoms with van der Waals surface area (Å²) in [6, 6.07) is 7.43. The van der Waals surface area contributed by atoms with Gasteiger partial charge in [0, 0.05) is 5.56 Å². The maximum absolute atomic E-state index is 9.35. The predicted molar refractivity (Wildman–Crippen MR) is 92.4 cm³/mol. The first-order chi connectivity index (χ1) is 11.2. The van der Waals surface area contributed by atoms with Gasteiger partial charge in [-0.05, 0) is 30.7 Å². The molecule has 0 N–H and O–H groups in total. The summed E-state index contributed by atoms with van der Waals surface area (Å²) in [7, 11) is 3.12. The minimum absolute atomic E-state index is 0.274. The van der Waals surface area contributed by atoms with Crippen LogP contribution in [0.2, 0.25) is 0 Å². The second kappa shape index (κ2) is 7.94. The first kappa shape index (κ1) is 17.2. The van der Waals surface area contributed by atoms with Gasteiger partial charge < -0.3 is 14.0 Å². The highest BCUT2D eigenvalue weighted by Gasteiger charge is 2.17. The van der Waals surface area contributed by atoms with Crippen LogP contribution in [0.15, 0.2) is 27.0 Å². The molecule has 2 aromatic rings. The summed E-state index contributed by atoms with van der Waals surface area (Å²) in [5.74, 6) is 1.77. The average molecular weight is 349 g/mol. The lowest BCUT2D eigenvalue weighted by Gasteiger charge is -2.07. The summed E-state index contributed by atoms with van der Waals surface area (Å²) in [5.41, 5.74) is 1.09. The topological polar surface area (TPSA) is 81.2 Å². The van der Waals surface area contributed by atoms with Crippen LogP contribution in [0.5, 0.6) is 11.5 Å². The van der Waals surface area contributed by atoms with Gasteiger partial charge in [0.25, 0.3) is 5.89 Å². The number of nitrogens with zero attached hydrogens (tertiary/aromatic N) is 3. The van der Waals surface area contributed by atoms with Gasteiger partial charge in [0.2, 0.25) is 5.82 Å². The minimum Gasteiger partial charge on any atom is -0.493 e. The van der Waals surface area contributed by atoms with Gasteiger partial charge in [-0.2, -0.15) is 10.2 Å². The molecule has 23 heavy (non-hydrogen) atoms. The standard InChI is InChI=1S/C15H15N3O3S2/c1-19-11-6-5-9(7-12(11)20-2)14-17-13(18-21-14)10(8-16)15(22-3)23-4/h5-7H,1-4H3.